The van der Waals surface area contributed by atoms with Crippen molar-refractivity contribution in [3.05, 3.63) is 0 Å². The molecule has 0 spiro atoms. The maximum atomic E-state index is 10.1. The molecule has 1 aliphatic heterocycles. The summed E-state index contributed by atoms with van der Waals surface area (Å²) in [4.78, 5) is 0. The molecule has 2 aliphatic rings. The van der Waals surface area contributed by atoms with Gasteiger partial charge in [-0.15, -0.1) is 0 Å². The summed E-state index contributed by atoms with van der Waals surface area (Å²) in [6, 6.07) is 0. The SMILES string of the molecule is [B][C@@]1(C2(O)CCC2)CCCNC1. The van der Waals surface area contributed by atoms with E-state index in [9.17, 15) is 5.11 Å². The van der Waals surface area contributed by atoms with Gasteiger partial charge in [-0.05, 0) is 44.1 Å². The Morgan fingerprint density at radius 1 is 1.17 bits per heavy atom. The van der Waals surface area contributed by atoms with Crippen LogP contribution in [0.5, 0.6) is 0 Å². The predicted octanol–water partition coefficient (Wildman–Crippen LogP) is 0.612. The Morgan fingerprint density at radius 3 is 2.33 bits per heavy atom. The molecule has 2 nitrogen and oxygen atoms in total. The first-order valence-corrected chi connectivity index (χ1v) is 4.88. The Labute approximate surface area is 75.1 Å². The van der Waals surface area contributed by atoms with Crippen molar-refractivity contribution < 1.29 is 5.11 Å². The van der Waals surface area contributed by atoms with Gasteiger partial charge >= 0.3 is 0 Å². The van der Waals surface area contributed by atoms with Crippen molar-refractivity contribution in [1.82, 2.24) is 5.32 Å². The summed E-state index contributed by atoms with van der Waals surface area (Å²) in [5, 5.41) is 13.0. The standard InChI is InChI=1S/C9H16BNO/c10-8(3-2-6-11-7-8)9(12)4-1-5-9/h11-12H,1-7H2/t8-/m0/s1. The van der Waals surface area contributed by atoms with Gasteiger partial charge in [0.1, 0.15) is 0 Å². The second-order valence-corrected chi connectivity index (χ2v) is 4.32. The Bertz CT molecular complexity index is 173. The summed E-state index contributed by atoms with van der Waals surface area (Å²) in [5.74, 6) is 0. The molecule has 1 saturated carbocycles. The van der Waals surface area contributed by atoms with Crippen LogP contribution < -0.4 is 5.32 Å². The fourth-order valence-corrected chi connectivity index (χ4v) is 2.34. The molecule has 0 unspecified atom stereocenters. The molecule has 3 heteroatoms. The first kappa shape index (κ1) is 8.58. The van der Waals surface area contributed by atoms with Gasteiger partial charge in [-0.1, -0.05) is 6.42 Å². The number of nitrogens with one attached hydrogen (secondary N) is 1. The third-order valence-electron chi connectivity index (χ3n) is 3.52. The van der Waals surface area contributed by atoms with E-state index >= 15 is 0 Å². The van der Waals surface area contributed by atoms with Crippen molar-refractivity contribution >= 4 is 7.85 Å². The topological polar surface area (TPSA) is 32.3 Å². The van der Waals surface area contributed by atoms with E-state index < -0.39 is 5.60 Å². The zero-order valence-corrected chi connectivity index (χ0v) is 7.47. The molecule has 0 aromatic heterocycles. The molecule has 2 radical (unpaired) electrons. The van der Waals surface area contributed by atoms with Crippen molar-refractivity contribution in [3.8, 4) is 0 Å². The van der Waals surface area contributed by atoms with E-state index in [1.54, 1.807) is 0 Å². The van der Waals surface area contributed by atoms with Gasteiger partial charge in [0.25, 0.3) is 0 Å². The van der Waals surface area contributed by atoms with Crippen LogP contribution in [0.2, 0.25) is 5.31 Å². The van der Waals surface area contributed by atoms with Gasteiger partial charge in [0.2, 0.25) is 0 Å². The van der Waals surface area contributed by atoms with Crippen LogP contribution in [-0.2, 0) is 0 Å². The summed E-state index contributed by atoms with van der Waals surface area (Å²) < 4.78 is 0. The summed E-state index contributed by atoms with van der Waals surface area (Å²) >= 11 is 0. The lowest BCUT2D eigenvalue weighted by Gasteiger charge is -2.53. The molecule has 12 heavy (non-hydrogen) atoms. The van der Waals surface area contributed by atoms with Gasteiger partial charge < -0.3 is 10.4 Å². The molecule has 1 saturated heterocycles. The average molecular weight is 165 g/mol. The van der Waals surface area contributed by atoms with E-state index in [-0.39, 0.29) is 5.31 Å². The van der Waals surface area contributed by atoms with E-state index in [0.29, 0.717) is 0 Å². The Morgan fingerprint density at radius 2 is 1.92 bits per heavy atom. The Hall–Kier alpha value is -0.0151. The third kappa shape index (κ3) is 1.11. The minimum atomic E-state index is -0.555. The van der Waals surface area contributed by atoms with E-state index in [0.717, 1.165) is 45.2 Å². The number of aliphatic hydroxyl groups is 1. The van der Waals surface area contributed by atoms with Gasteiger partial charge in [0, 0.05) is 0 Å². The van der Waals surface area contributed by atoms with Crippen LogP contribution >= 0.6 is 0 Å². The monoisotopic (exact) mass is 165 g/mol. The second-order valence-electron chi connectivity index (χ2n) is 4.32. The summed E-state index contributed by atoms with van der Waals surface area (Å²) in [6.07, 6.45) is 4.99. The molecule has 0 bridgehead atoms. The van der Waals surface area contributed by atoms with Crippen LogP contribution in [0.4, 0.5) is 0 Å². The van der Waals surface area contributed by atoms with Crippen molar-refractivity contribution in [2.45, 2.75) is 43.0 Å². The lowest BCUT2D eigenvalue weighted by Crippen LogP contribution is -2.55. The highest BCUT2D eigenvalue weighted by Crippen LogP contribution is 2.52. The van der Waals surface area contributed by atoms with Crippen LogP contribution in [-0.4, -0.2) is 31.6 Å². The molecule has 0 aromatic carbocycles. The van der Waals surface area contributed by atoms with E-state index in [1.807, 2.05) is 0 Å². The number of hydrogen-bond acceptors (Lipinski definition) is 2. The first-order chi connectivity index (χ1) is 5.66. The maximum Gasteiger partial charge on any atom is 0.0802 e. The van der Waals surface area contributed by atoms with Gasteiger partial charge in [-0.25, -0.2) is 0 Å². The fourth-order valence-electron chi connectivity index (χ4n) is 2.34. The van der Waals surface area contributed by atoms with E-state index in [1.165, 1.54) is 0 Å². The molecule has 66 valence electrons. The largest absolute Gasteiger partial charge is 0.390 e. The highest BCUT2D eigenvalue weighted by Gasteiger charge is 2.50. The zero-order valence-electron chi connectivity index (χ0n) is 7.47. The van der Waals surface area contributed by atoms with Gasteiger partial charge in [0.15, 0.2) is 0 Å². The van der Waals surface area contributed by atoms with Crippen molar-refractivity contribution in [1.29, 1.82) is 0 Å². The van der Waals surface area contributed by atoms with Crippen LogP contribution in [0, 0.1) is 0 Å². The molecule has 2 rings (SSSR count). The molecular weight excluding hydrogens is 149 g/mol. The van der Waals surface area contributed by atoms with Crippen molar-refractivity contribution in [2.75, 3.05) is 13.1 Å². The lowest BCUT2D eigenvalue weighted by molar-refractivity contribution is -0.0800. The van der Waals surface area contributed by atoms with Crippen LogP contribution in [0.3, 0.4) is 0 Å². The Balaban J connectivity index is 2.07. The van der Waals surface area contributed by atoms with Crippen LogP contribution in [0.15, 0.2) is 0 Å². The highest BCUT2D eigenvalue weighted by atomic mass is 16.3. The molecule has 0 amide bonds. The van der Waals surface area contributed by atoms with Crippen molar-refractivity contribution in [3.63, 3.8) is 0 Å². The van der Waals surface area contributed by atoms with E-state index in [4.69, 9.17) is 7.85 Å². The quantitative estimate of drug-likeness (QED) is 0.558. The molecule has 1 atom stereocenters. The number of piperidine rings is 1. The minimum absolute atomic E-state index is 0.344. The molecular formula is C9H16BNO. The zero-order chi connectivity index (χ0) is 8.66. The van der Waals surface area contributed by atoms with Gasteiger partial charge in [-0.3, -0.25) is 0 Å². The summed E-state index contributed by atoms with van der Waals surface area (Å²) in [5.41, 5.74) is -0.555. The molecule has 2 N–H and O–H groups in total. The van der Waals surface area contributed by atoms with Crippen molar-refractivity contribution in [2.24, 2.45) is 0 Å². The lowest BCUT2D eigenvalue weighted by atomic mass is 9.49. The number of rotatable bonds is 1. The normalized spacial score (nSPS) is 40.4. The smallest absolute Gasteiger partial charge is 0.0802 e. The average Bonchev–Trinajstić information content (AvgIpc) is 2.01. The summed E-state index contributed by atoms with van der Waals surface area (Å²) in [6.45, 7) is 1.83. The van der Waals surface area contributed by atoms with Gasteiger partial charge in [-0.2, -0.15) is 0 Å². The number of hydrogen-bond donors (Lipinski definition) is 2. The van der Waals surface area contributed by atoms with Crippen LogP contribution in [0.25, 0.3) is 0 Å². The van der Waals surface area contributed by atoms with Crippen LogP contribution in [0.1, 0.15) is 32.1 Å². The maximum absolute atomic E-state index is 10.1. The second kappa shape index (κ2) is 2.74. The molecule has 2 fully saturated rings. The highest BCUT2D eigenvalue weighted by molar-refractivity contribution is 6.16. The Kier molecular flexibility index (Phi) is 1.96. The molecule has 1 heterocycles. The summed E-state index contributed by atoms with van der Waals surface area (Å²) in [7, 11) is 6.19. The molecule has 1 aliphatic carbocycles. The minimum Gasteiger partial charge on any atom is -0.390 e. The fraction of sp³-hybridized carbons (Fsp3) is 1.00. The third-order valence-corrected chi connectivity index (χ3v) is 3.52. The predicted molar refractivity (Wildman–Crippen MR) is 49.4 cm³/mol. The molecule has 0 aromatic rings. The van der Waals surface area contributed by atoms with E-state index in [2.05, 4.69) is 5.32 Å². The first-order valence-electron chi connectivity index (χ1n) is 4.88. The van der Waals surface area contributed by atoms with Gasteiger partial charge in [0.05, 0.1) is 13.4 Å².